The number of fused-ring (bicyclic) bond motifs is 10. The molecule has 0 atom stereocenters. The first kappa shape index (κ1) is 58.9. The maximum atomic E-state index is 2.73. The molecule has 0 saturated heterocycles. The number of anilines is 6. The van der Waals surface area contributed by atoms with Crippen LogP contribution in [0.3, 0.4) is 0 Å². The van der Waals surface area contributed by atoms with Crippen LogP contribution in [-0.4, -0.2) is 15.8 Å². The molecule has 0 amide bonds. The number of hydrogen-bond donors (Lipinski definition) is 0. The van der Waals surface area contributed by atoms with Crippen LogP contribution in [0, 0.1) is 0 Å². The molecule has 0 radical (unpaired) electrons. The van der Waals surface area contributed by atoms with Crippen molar-refractivity contribution >= 4 is 101 Å². The summed E-state index contributed by atoms with van der Waals surface area (Å²) in [6, 6.07) is 132. The number of rotatable bonds is 14. The molecule has 17 aromatic rings. The number of unbranched alkanes of at least 4 members (excludes halogenated alkanes) is 2. The van der Waals surface area contributed by atoms with E-state index in [0.717, 1.165) is 115 Å². The summed E-state index contributed by atoms with van der Waals surface area (Å²) in [6.07, 6.45) is 4.18. The molecule has 472 valence electrons. The first-order valence-corrected chi connectivity index (χ1v) is 35.3. The molecule has 4 heterocycles. The molecular weight excluding hydrogens is 1210 g/mol. The topological polar surface area (TPSA) is 16.3 Å². The van der Waals surface area contributed by atoms with E-state index in [1.165, 1.54) is 88.1 Å². The predicted octanol–water partition coefficient (Wildman–Crippen LogP) is 23.7. The Balaban J connectivity index is 0.993. The quantitative estimate of drug-likeness (QED) is 0.0797. The normalized spacial score (nSPS) is 12.3. The van der Waals surface area contributed by atoms with E-state index in [4.69, 9.17) is 0 Å². The second-order valence-corrected chi connectivity index (χ2v) is 26.9. The SMILES string of the molecule is CCCCCc1cc2c3c(c1)N(c1c(-c4ccccc4)cc(-c4ccccc4)cc1-c1ccccc1)c1cc(-n4c5ccccc5c5ccccc54)ccc1B3c1ccc(-n3c4ccccc4c4ccccc43)cc1N2c1c(-c2ccccc2)cc(-c2ccccc2)cc1-c1ccccc1. The van der Waals surface area contributed by atoms with E-state index in [1.807, 2.05) is 0 Å². The van der Waals surface area contributed by atoms with E-state index in [0.29, 0.717) is 0 Å². The van der Waals surface area contributed by atoms with Gasteiger partial charge in [-0.1, -0.05) is 287 Å². The Labute approximate surface area is 584 Å². The smallest absolute Gasteiger partial charge is 0.252 e. The lowest BCUT2D eigenvalue weighted by molar-refractivity contribution is 0.717. The fraction of sp³-hybridized carbons (Fsp3) is 0.0526. The standard InChI is InChI=1S/C95H69BN4/c1-2-3-10-31-64-56-91-93-92(57-64)100(95-81(69-40-19-8-20-41-69)60-72(66-34-13-5-14-35-66)61-82(95)70-42-21-9-22-43-70)90-63-74(98-87-50-29-25-46-77(87)78-47-26-30-51-88(78)98)53-55-84(90)96(93)83-54-52-73(97-85-48-27-23-44-75(85)76-45-24-28-49-86(76)97)62-89(83)99(91)94-79(67-36-15-6-16-37-67)58-71(65-32-11-4-12-33-65)59-80(94)68-38-17-7-18-39-68/h4-9,11-30,32-63H,2-3,10,31H2,1H3. The van der Waals surface area contributed by atoms with Crippen molar-refractivity contribution < 1.29 is 0 Å². The zero-order chi connectivity index (χ0) is 66.2. The minimum absolute atomic E-state index is 0.223. The molecule has 2 aliphatic rings. The van der Waals surface area contributed by atoms with Gasteiger partial charge in [-0.25, -0.2) is 0 Å². The minimum atomic E-state index is -0.223. The molecule has 15 aromatic carbocycles. The third-order valence-corrected chi connectivity index (χ3v) is 21.1. The summed E-state index contributed by atoms with van der Waals surface area (Å²) in [6.45, 7) is 2.10. The van der Waals surface area contributed by atoms with E-state index in [-0.39, 0.29) is 6.71 Å². The van der Waals surface area contributed by atoms with Crippen molar-refractivity contribution in [2.75, 3.05) is 9.80 Å². The van der Waals surface area contributed by atoms with Crippen LogP contribution in [-0.2, 0) is 6.42 Å². The number of aryl methyl sites for hydroxylation is 1. The van der Waals surface area contributed by atoms with Gasteiger partial charge < -0.3 is 18.9 Å². The van der Waals surface area contributed by atoms with Gasteiger partial charge in [0.05, 0.1) is 33.4 Å². The van der Waals surface area contributed by atoms with Gasteiger partial charge in [-0.15, -0.1) is 0 Å². The molecule has 0 bridgehead atoms. The molecule has 0 saturated carbocycles. The first-order valence-electron chi connectivity index (χ1n) is 35.3. The zero-order valence-corrected chi connectivity index (χ0v) is 55.7. The lowest BCUT2D eigenvalue weighted by atomic mass is 9.33. The van der Waals surface area contributed by atoms with Crippen LogP contribution < -0.4 is 26.2 Å². The highest BCUT2D eigenvalue weighted by Gasteiger charge is 2.46. The van der Waals surface area contributed by atoms with E-state index in [9.17, 15) is 0 Å². The Morgan fingerprint density at radius 2 is 0.560 bits per heavy atom. The number of hydrogen-bond acceptors (Lipinski definition) is 2. The van der Waals surface area contributed by atoms with Gasteiger partial charge in [0.1, 0.15) is 0 Å². The average molecular weight is 1280 g/mol. The van der Waals surface area contributed by atoms with E-state index >= 15 is 0 Å². The molecule has 0 N–H and O–H groups in total. The highest BCUT2D eigenvalue weighted by atomic mass is 15.2. The predicted molar refractivity (Wildman–Crippen MR) is 425 cm³/mol. The van der Waals surface area contributed by atoms with Crippen LogP contribution in [0.25, 0.3) is 122 Å². The fourth-order valence-corrected chi connectivity index (χ4v) is 16.6. The first-order chi connectivity index (χ1) is 49.6. The van der Waals surface area contributed by atoms with Crippen LogP contribution >= 0.6 is 0 Å². The summed E-state index contributed by atoms with van der Waals surface area (Å²) >= 11 is 0. The second kappa shape index (κ2) is 24.6. The van der Waals surface area contributed by atoms with Gasteiger partial charge in [0.2, 0.25) is 0 Å². The number of para-hydroxylation sites is 4. The van der Waals surface area contributed by atoms with Gasteiger partial charge in [0.25, 0.3) is 6.71 Å². The van der Waals surface area contributed by atoms with Crippen molar-refractivity contribution in [1.29, 1.82) is 0 Å². The number of benzene rings is 15. The van der Waals surface area contributed by atoms with Crippen LogP contribution in [0.5, 0.6) is 0 Å². The summed E-state index contributed by atoms with van der Waals surface area (Å²) in [5.41, 5.74) is 32.6. The van der Waals surface area contributed by atoms with Crippen LogP contribution in [0.2, 0.25) is 0 Å². The highest BCUT2D eigenvalue weighted by Crippen LogP contribution is 2.55. The summed E-state index contributed by atoms with van der Waals surface area (Å²) < 4.78 is 5.01. The molecular formula is C95H69BN4. The van der Waals surface area contributed by atoms with Crippen molar-refractivity contribution in [3.8, 4) is 78.1 Å². The Kier molecular flexibility index (Phi) is 14.5. The second-order valence-electron chi connectivity index (χ2n) is 26.9. The lowest BCUT2D eigenvalue weighted by Crippen LogP contribution is -2.61. The molecule has 2 aromatic heterocycles. The van der Waals surface area contributed by atoms with E-state index < -0.39 is 0 Å². The number of nitrogens with zero attached hydrogens (tertiary/aromatic N) is 4. The van der Waals surface area contributed by atoms with Gasteiger partial charge in [-0.3, -0.25) is 0 Å². The Morgan fingerprint density at radius 1 is 0.260 bits per heavy atom. The van der Waals surface area contributed by atoms with Crippen LogP contribution in [0.15, 0.2) is 352 Å². The van der Waals surface area contributed by atoms with Gasteiger partial charge >= 0.3 is 0 Å². The molecule has 0 spiro atoms. The maximum Gasteiger partial charge on any atom is 0.252 e. The van der Waals surface area contributed by atoms with Crippen molar-refractivity contribution in [3.63, 3.8) is 0 Å². The fourth-order valence-electron chi connectivity index (χ4n) is 16.6. The Bertz CT molecular complexity index is 5390. The average Bonchev–Trinajstić information content (AvgIpc) is 0.882. The van der Waals surface area contributed by atoms with Crippen molar-refractivity contribution in [1.82, 2.24) is 9.13 Å². The van der Waals surface area contributed by atoms with Gasteiger partial charge in [-0.05, 0) is 164 Å². The minimum Gasteiger partial charge on any atom is -0.310 e. The molecule has 5 heteroatoms. The molecule has 4 nitrogen and oxygen atoms in total. The third kappa shape index (κ3) is 9.75. The lowest BCUT2D eigenvalue weighted by Gasteiger charge is -2.46. The Hall–Kier alpha value is -12.4. The van der Waals surface area contributed by atoms with Gasteiger partial charge in [0, 0.05) is 77.9 Å². The van der Waals surface area contributed by atoms with Gasteiger partial charge in [0.15, 0.2) is 0 Å². The molecule has 0 unspecified atom stereocenters. The van der Waals surface area contributed by atoms with Crippen molar-refractivity contribution in [2.24, 2.45) is 0 Å². The molecule has 19 rings (SSSR count). The summed E-state index contributed by atoms with van der Waals surface area (Å²) in [7, 11) is 0. The van der Waals surface area contributed by atoms with Crippen molar-refractivity contribution in [2.45, 2.75) is 32.6 Å². The zero-order valence-electron chi connectivity index (χ0n) is 55.7. The van der Waals surface area contributed by atoms with Gasteiger partial charge in [-0.2, -0.15) is 0 Å². The highest BCUT2D eigenvalue weighted by molar-refractivity contribution is 7.00. The van der Waals surface area contributed by atoms with E-state index in [2.05, 4.69) is 378 Å². The van der Waals surface area contributed by atoms with Crippen LogP contribution in [0.4, 0.5) is 34.1 Å². The summed E-state index contributed by atoms with van der Waals surface area (Å²) in [4.78, 5) is 5.46. The molecule has 2 aliphatic heterocycles. The summed E-state index contributed by atoms with van der Waals surface area (Å²) in [5.74, 6) is 0. The van der Waals surface area contributed by atoms with Crippen LogP contribution in [0.1, 0.15) is 31.7 Å². The molecule has 100 heavy (non-hydrogen) atoms. The number of aromatic nitrogens is 2. The Morgan fingerprint density at radius 3 is 0.880 bits per heavy atom. The van der Waals surface area contributed by atoms with E-state index in [1.54, 1.807) is 0 Å². The summed E-state index contributed by atoms with van der Waals surface area (Å²) in [5, 5.41) is 4.93. The maximum absolute atomic E-state index is 2.73. The monoisotopic (exact) mass is 1280 g/mol. The molecule has 0 fully saturated rings. The third-order valence-electron chi connectivity index (χ3n) is 21.1. The van der Waals surface area contributed by atoms with Crippen molar-refractivity contribution in [3.05, 3.63) is 357 Å². The molecule has 0 aliphatic carbocycles. The largest absolute Gasteiger partial charge is 0.310 e.